The van der Waals surface area contributed by atoms with E-state index in [2.05, 4.69) is 0 Å². The normalized spacial score (nSPS) is 23.6. The summed E-state index contributed by atoms with van der Waals surface area (Å²) in [5.41, 5.74) is 0.675. The maximum Gasteiger partial charge on any atom is 0.170 e. The quantitative estimate of drug-likeness (QED) is 0.765. The molecule has 20 heavy (non-hydrogen) atoms. The molecule has 2 aliphatic rings. The number of ether oxygens (including phenoxy) is 2. The highest BCUT2D eigenvalue weighted by Crippen LogP contribution is 2.36. The van der Waals surface area contributed by atoms with E-state index in [1.807, 2.05) is 12.1 Å². The molecule has 0 amide bonds. The molecule has 1 atom stereocenters. The van der Waals surface area contributed by atoms with Crippen LogP contribution >= 0.6 is 0 Å². The average Bonchev–Trinajstić information content (AvgIpc) is 2.76. The summed E-state index contributed by atoms with van der Waals surface area (Å²) in [5.74, 6) is 2.18. The van der Waals surface area contributed by atoms with Gasteiger partial charge in [0.05, 0.1) is 12.7 Å². The fourth-order valence-electron chi connectivity index (χ4n) is 3.40. The molecule has 1 aromatic carbocycles. The molecule has 3 nitrogen and oxygen atoms in total. The fourth-order valence-corrected chi connectivity index (χ4v) is 3.40. The number of fused-ring (bicyclic) bond motifs is 1. The molecule has 0 N–H and O–H groups in total. The second-order valence-corrected chi connectivity index (χ2v) is 5.90. The van der Waals surface area contributed by atoms with Crippen LogP contribution in [0.15, 0.2) is 18.2 Å². The van der Waals surface area contributed by atoms with Gasteiger partial charge in [0.2, 0.25) is 0 Å². The predicted molar refractivity (Wildman–Crippen MR) is 77.5 cm³/mol. The number of benzene rings is 1. The van der Waals surface area contributed by atoms with E-state index < -0.39 is 0 Å². The number of ketones is 1. The standard InChI is InChI=1S/C17H22O3/c1-19-13-8-9-16-14(10-13)15(18)11-17(20-16)12-6-4-2-3-5-7-12/h8-10,12,17H,2-7,11H2,1H3. The summed E-state index contributed by atoms with van der Waals surface area (Å²) in [7, 11) is 1.62. The molecular weight excluding hydrogens is 252 g/mol. The number of carbonyl (C=O) groups is 1. The lowest BCUT2D eigenvalue weighted by atomic mass is 9.87. The van der Waals surface area contributed by atoms with Crippen molar-refractivity contribution in [3.63, 3.8) is 0 Å². The zero-order valence-electron chi connectivity index (χ0n) is 12.1. The molecule has 0 radical (unpaired) electrons. The Labute approximate surface area is 120 Å². The first-order valence-electron chi connectivity index (χ1n) is 7.66. The molecule has 1 aliphatic carbocycles. The van der Waals surface area contributed by atoms with Gasteiger partial charge in [0.1, 0.15) is 17.6 Å². The Bertz CT molecular complexity index is 487. The van der Waals surface area contributed by atoms with Crippen LogP contribution < -0.4 is 9.47 Å². The van der Waals surface area contributed by atoms with E-state index in [1.54, 1.807) is 13.2 Å². The maximum atomic E-state index is 12.4. The van der Waals surface area contributed by atoms with Gasteiger partial charge < -0.3 is 9.47 Å². The van der Waals surface area contributed by atoms with Crippen molar-refractivity contribution in [2.24, 2.45) is 5.92 Å². The zero-order valence-corrected chi connectivity index (χ0v) is 12.1. The second kappa shape index (κ2) is 5.86. The Morgan fingerprint density at radius 2 is 1.90 bits per heavy atom. The molecule has 3 rings (SSSR count). The van der Waals surface area contributed by atoms with Gasteiger partial charge in [-0.05, 0) is 37.0 Å². The van der Waals surface area contributed by atoms with E-state index in [9.17, 15) is 4.79 Å². The number of carbonyl (C=O) groups excluding carboxylic acids is 1. The van der Waals surface area contributed by atoms with Gasteiger partial charge in [-0.15, -0.1) is 0 Å². The number of rotatable bonds is 2. The molecule has 1 saturated carbocycles. The van der Waals surface area contributed by atoms with Crippen LogP contribution in [0.2, 0.25) is 0 Å². The Kier molecular flexibility index (Phi) is 3.95. The van der Waals surface area contributed by atoms with Crippen LogP contribution in [0, 0.1) is 5.92 Å². The van der Waals surface area contributed by atoms with Crippen molar-refractivity contribution in [3.05, 3.63) is 23.8 Å². The first kappa shape index (κ1) is 13.5. The van der Waals surface area contributed by atoms with Gasteiger partial charge in [0.15, 0.2) is 5.78 Å². The minimum atomic E-state index is 0.0708. The second-order valence-electron chi connectivity index (χ2n) is 5.90. The van der Waals surface area contributed by atoms with Crippen molar-refractivity contribution in [3.8, 4) is 11.5 Å². The average molecular weight is 274 g/mol. The summed E-state index contributed by atoms with van der Waals surface area (Å²) in [6.07, 6.45) is 8.18. The van der Waals surface area contributed by atoms with E-state index in [1.165, 1.54) is 38.5 Å². The molecule has 0 bridgehead atoms. The summed E-state index contributed by atoms with van der Waals surface area (Å²) in [5, 5.41) is 0. The van der Waals surface area contributed by atoms with Crippen LogP contribution in [0.5, 0.6) is 11.5 Å². The lowest BCUT2D eigenvalue weighted by Crippen LogP contribution is -2.33. The largest absolute Gasteiger partial charge is 0.497 e. The van der Waals surface area contributed by atoms with Crippen LogP contribution in [-0.2, 0) is 0 Å². The van der Waals surface area contributed by atoms with Gasteiger partial charge in [-0.3, -0.25) is 4.79 Å². The van der Waals surface area contributed by atoms with Crippen molar-refractivity contribution >= 4 is 5.78 Å². The third-order valence-electron chi connectivity index (χ3n) is 4.58. The van der Waals surface area contributed by atoms with Crippen LogP contribution in [-0.4, -0.2) is 19.0 Å². The fraction of sp³-hybridized carbons (Fsp3) is 0.588. The molecule has 0 aromatic heterocycles. The lowest BCUT2D eigenvalue weighted by molar-refractivity contribution is 0.0702. The van der Waals surface area contributed by atoms with Crippen molar-refractivity contribution < 1.29 is 14.3 Å². The molecule has 0 saturated heterocycles. The Morgan fingerprint density at radius 3 is 2.60 bits per heavy atom. The van der Waals surface area contributed by atoms with E-state index in [-0.39, 0.29) is 11.9 Å². The SMILES string of the molecule is COc1ccc2c(c1)C(=O)CC(C1CCCCCC1)O2. The highest BCUT2D eigenvalue weighted by Gasteiger charge is 2.32. The first-order chi connectivity index (χ1) is 9.78. The van der Waals surface area contributed by atoms with Crippen molar-refractivity contribution in [2.45, 2.75) is 51.0 Å². The maximum absolute atomic E-state index is 12.4. The number of hydrogen-bond acceptors (Lipinski definition) is 3. The van der Waals surface area contributed by atoms with Crippen LogP contribution in [0.25, 0.3) is 0 Å². The van der Waals surface area contributed by atoms with E-state index in [0.29, 0.717) is 23.7 Å². The zero-order chi connectivity index (χ0) is 13.9. The first-order valence-corrected chi connectivity index (χ1v) is 7.66. The highest BCUT2D eigenvalue weighted by atomic mass is 16.5. The minimum Gasteiger partial charge on any atom is -0.497 e. The molecule has 1 aliphatic heterocycles. The number of Topliss-reactive ketones (excluding diaryl/α,β-unsaturated/α-hetero) is 1. The van der Waals surface area contributed by atoms with Crippen molar-refractivity contribution in [1.82, 2.24) is 0 Å². The molecule has 108 valence electrons. The summed E-state index contributed by atoms with van der Waals surface area (Å²) in [6.45, 7) is 0. The van der Waals surface area contributed by atoms with Crippen molar-refractivity contribution in [2.75, 3.05) is 7.11 Å². The Hall–Kier alpha value is -1.51. The van der Waals surface area contributed by atoms with Crippen LogP contribution in [0.1, 0.15) is 55.3 Å². The molecule has 1 unspecified atom stereocenters. The summed E-state index contributed by atoms with van der Waals surface area (Å²) >= 11 is 0. The molecule has 1 aromatic rings. The lowest BCUT2D eigenvalue weighted by Gasteiger charge is -2.31. The van der Waals surface area contributed by atoms with Gasteiger partial charge >= 0.3 is 0 Å². The predicted octanol–water partition coefficient (Wildman–Crippen LogP) is 4.00. The number of methoxy groups -OCH3 is 1. The summed E-state index contributed by atoms with van der Waals surface area (Å²) < 4.78 is 11.3. The molecule has 3 heteroatoms. The third-order valence-corrected chi connectivity index (χ3v) is 4.58. The third kappa shape index (κ3) is 2.67. The van der Waals surface area contributed by atoms with E-state index in [0.717, 1.165) is 5.75 Å². The van der Waals surface area contributed by atoms with E-state index >= 15 is 0 Å². The molecule has 0 spiro atoms. The van der Waals surface area contributed by atoms with E-state index in [4.69, 9.17) is 9.47 Å². The summed E-state index contributed by atoms with van der Waals surface area (Å²) in [4.78, 5) is 12.4. The van der Waals surface area contributed by atoms with Gasteiger partial charge in [0.25, 0.3) is 0 Å². The minimum absolute atomic E-state index is 0.0708. The van der Waals surface area contributed by atoms with Crippen molar-refractivity contribution in [1.29, 1.82) is 0 Å². The highest BCUT2D eigenvalue weighted by molar-refractivity contribution is 6.00. The van der Waals surface area contributed by atoms with Crippen LogP contribution in [0.3, 0.4) is 0 Å². The van der Waals surface area contributed by atoms with Gasteiger partial charge in [-0.25, -0.2) is 0 Å². The molecule has 1 heterocycles. The number of hydrogen-bond donors (Lipinski definition) is 0. The van der Waals surface area contributed by atoms with Gasteiger partial charge in [-0.2, -0.15) is 0 Å². The Morgan fingerprint density at radius 1 is 1.15 bits per heavy atom. The Balaban J connectivity index is 1.79. The molecule has 1 fully saturated rings. The van der Waals surface area contributed by atoms with Gasteiger partial charge in [0, 0.05) is 6.42 Å². The van der Waals surface area contributed by atoms with Gasteiger partial charge in [-0.1, -0.05) is 25.7 Å². The topological polar surface area (TPSA) is 35.5 Å². The smallest absolute Gasteiger partial charge is 0.170 e. The molecular formula is C17H22O3. The van der Waals surface area contributed by atoms with Crippen LogP contribution in [0.4, 0.5) is 0 Å². The summed E-state index contributed by atoms with van der Waals surface area (Å²) in [6, 6.07) is 5.53. The monoisotopic (exact) mass is 274 g/mol.